The number of hydrogen-bond donors (Lipinski definition) is 1. The number of sulfonamides is 1. The molecule has 4 fully saturated rings. The van der Waals surface area contributed by atoms with Gasteiger partial charge in [-0.2, -0.15) is 0 Å². The van der Waals surface area contributed by atoms with Crippen LogP contribution in [0.25, 0.3) is 0 Å². The number of halogens is 1. The Morgan fingerprint density at radius 3 is 2.04 bits per heavy atom. The lowest BCUT2D eigenvalue weighted by Crippen LogP contribution is -2.52. The lowest BCUT2D eigenvalue weighted by atomic mass is 9.51. The molecule has 5 rings (SSSR count). The Balaban J connectivity index is 1.51. The first-order valence-corrected chi connectivity index (χ1v) is 11.0. The molecule has 1 N–H and O–H groups in total. The Hall–Kier alpha value is -0.390. The van der Waals surface area contributed by atoms with Crippen LogP contribution in [0, 0.1) is 29.6 Å². The summed E-state index contributed by atoms with van der Waals surface area (Å²) in [6.45, 7) is 2.07. The van der Waals surface area contributed by atoms with Gasteiger partial charge in [-0.1, -0.05) is 15.9 Å². The molecule has 0 radical (unpaired) electrons. The van der Waals surface area contributed by atoms with E-state index in [1.54, 1.807) is 24.3 Å². The van der Waals surface area contributed by atoms with Gasteiger partial charge in [-0.25, -0.2) is 13.1 Å². The van der Waals surface area contributed by atoms with E-state index in [1.165, 1.54) is 32.1 Å². The molecule has 4 saturated carbocycles. The van der Waals surface area contributed by atoms with Crippen LogP contribution < -0.4 is 4.72 Å². The van der Waals surface area contributed by atoms with Gasteiger partial charge >= 0.3 is 0 Å². The highest BCUT2D eigenvalue weighted by atomic mass is 79.9. The molecule has 0 unspecified atom stereocenters. The smallest absolute Gasteiger partial charge is 0.208 e. The Morgan fingerprint density at radius 2 is 1.52 bits per heavy atom. The molecule has 0 spiro atoms. The average Bonchev–Trinajstić information content (AvgIpc) is 2.45. The predicted molar refractivity (Wildman–Crippen MR) is 94.5 cm³/mol. The van der Waals surface area contributed by atoms with Gasteiger partial charge in [-0.15, -0.1) is 0 Å². The van der Waals surface area contributed by atoms with E-state index in [1.807, 2.05) is 0 Å². The monoisotopic (exact) mass is 397 g/mol. The van der Waals surface area contributed by atoms with Gasteiger partial charge in [0.05, 0.1) is 4.90 Å². The van der Waals surface area contributed by atoms with E-state index in [-0.39, 0.29) is 6.04 Å². The minimum absolute atomic E-state index is 0.0265. The van der Waals surface area contributed by atoms with Gasteiger partial charge < -0.3 is 0 Å². The van der Waals surface area contributed by atoms with Crippen molar-refractivity contribution < 1.29 is 8.42 Å². The second kappa shape index (κ2) is 5.85. The zero-order valence-electron chi connectivity index (χ0n) is 13.4. The molecule has 0 heterocycles. The zero-order valence-corrected chi connectivity index (χ0v) is 15.8. The second-order valence-corrected chi connectivity index (χ2v) is 10.5. The maximum absolute atomic E-state index is 12.7. The highest BCUT2D eigenvalue weighted by Gasteiger charge is 2.50. The maximum Gasteiger partial charge on any atom is 0.240 e. The number of rotatable bonds is 4. The largest absolute Gasteiger partial charge is 0.240 e. The van der Waals surface area contributed by atoms with Crippen LogP contribution in [0.5, 0.6) is 0 Å². The van der Waals surface area contributed by atoms with Crippen LogP contribution in [0.15, 0.2) is 33.6 Å². The van der Waals surface area contributed by atoms with E-state index < -0.39 is 10.0 Å². The van der Waals surface area contributed by atoms with Crippen molar-refractivity contribution in [2.75, 3.05) is 0 Å². The minimum atomic E-state index is -3.43. The third-order valence-electron chi connectivity index (χ3n) is 6.34. The molecule has 23 heavy (non-hydrogen) atoms. The maximum atomic E-state index is 12.7. The molecule has 0 aliphatic heterocycles. The summed E-state index contributed by atoms with van der Waals surface area (Å²) in [7, 11) is -3.43. The van der Waals surface area contributed by atoms with Gasteiger partial charge in [0.25, 0.3) is 0 Å². The summed E-state index contributed by atoms with van der Waals surface area (Å²) in [4.78, 5) is 0.358. The van der Waals surface area contributed by atoms with Crippen molar-refractivity contribution in [2.24, 2.45) is 29.6 Å². The molecule has 5 heteroatoms. The summed E-state index contributed by atoms with van der Waals surface area (Å²) < 4.78 is 29.2. The summed E-state index contributed by atoms with van der Waals surface area (Å²) in [6, 6.07) is 6.91. The highest BCUT2D eigenvalue weighted by Crippen LogP contribution is 2.57. The molecule has 0 aromatic heterocycles. The molecule has 0 saturated heterocycles. The van der Waals surface area contributed by atoms with Crippen molar-refractivity contribution >= 4 is 26.0 Å². The number of nitrogens with one attached hydrogen (secondary N) is 1. The van der Waals surface area contributed by atoms with Crippen molar-refractivity contribution in [3.8, 4) is 0 Å². The standard InChI is InChI=1S/C18H24BrNO2S/c1-11(20-23(21,22)17-4-2-16(19)3-5-17)18-14-7-12-6-13(9-14)10-15(18)8-12/h2-5,11-15,18,20H,6-10H2,1H3/t11-,12?,13?,14?,15?,18?/m1/s1. The number of benzene rings is 1. The molecule has 126 valence electrons. The molecule has 4 aliphatic carbocycles. The van der Waals surface area contributed by atoms with Gasteiger partial charge in [0.2, 0.25) is 10.0 Å². The summed E-state index contributed by atoms with van der Waals surface area (Å²) in [5.74, 6) is 3.82. The molecule has 3 nitrogen and oxygen atoms in total. The molecule has 1 atom stereocenters. The van der Waals surface area contributed by atoms with E-state index in [2.05, 4.69) is 27.6 Å². The molecule has 0 amide bonds. The van der Waals surface area contributed by atoms with E-state index in [0.29, 0.717) is 10.8 Å². The normalized spacial score (nSPS) is 37.0. The molecule has 1 aromatic carbocycles. The molecule has 4 aliphatic rings. The SMILES string of the molecule is C[C@@H](NS(=O)(=O)c1ccc(Br)cc1)C1C2CC3CC(C2)CC1C3. The van der Waals surface area contributed by atoms with Crippen molar-refractivity contribution in [3.05, 3.63) is 28.7 Å². The fourth-order valence-corrected chi connectivity index (χ4v) is 7.33. The Kier molecular flexibility index (Phi) is 4.10. The van der Waals surface area contributed by atoms with E-state index >= 15 is 0 Å². The topological polar surface area (TPSA) is 46.2 Å². The van der Waals surface area contributed by atoms with Crippen molar-refractivity contribution in [1.82, 2.24) is 4.72 Å². The van der Waals surface area contributed by atoms with Crippen LogP contribution in [0.2, 0.25) is 0 Å². The zero-order chi connectivity index (χ0) is 16.2. The van der Waals surface area contributed by atoms with Gasteiger partial charge in [-0.3, -0.25) is 0 Å². The van der Waals surface area contributed by atoms with Crippen LogP contribution in [-0.4, -0.2) is 14.5 Å². The Bertz CT molecular complexity index is 657. The van der Waals surface area contributed by atoms with Crippen LogP contribution in [0.4, 0.5) is 0 Å². The summed E-state index contributed by atoms with van der Waals surface area (Å²) in [5.41, 5.74) is 0. The Morgan fingerprint density at radius 1 is 1.00 bits per heavy atom. The second-order valence-electron chi connectivity index (χ2n) is 7.87. The fraction of sp³-hybridized carbons (Fsp3) is 0.667. The highest BCUT2D eigenvalue weighted by molar-refractivity contribution is 9.10. The van der Waals surface area contributed by atoms with Crippen molar-refractivity contribution in [2.45, 2.75) is 50.0 Å². The third-order valence-corrected chi connectivity index (χ3v) is 8.45. The van der Waals surface area contributed by atoms with E-state index in [0.717, 1.165) is 28.1 Å². The third kappa shape index (κ3) is 3.00. The number of hydrogen-bond acceptors (Lipinski definition) is 2. The first kappa shape index (κ1) is 16.1. The summed E-state index contributed by atoms with van der Waals surface area (Å²) >= 11 is 3.35. The van der Waals surface area contributed by atoms with Crippen molar-refractivity contribution in [3.63, 3.8) is 0 Å². The van der Waals surface area contributed by atoms with E-state index in [4.69, 9.17) is 0 Å². The Labute approximate surface area is 147 Å². The van der Waals surface area contributed by atoms with E-state index in [9.17, 15) is 8.42 Å². The average molecular weight is 398 g/mol. The van der Waals surface area contributed by atoms with Crippen LogP contribution in [0.3, 0.4) is 0 Å². The van der Waals surface area contributed by atoms with Crippen molar-refractivity contribution in [1.29, 1.82) is 0 Å². The fourth-order valence-electron chi connectivity index (χ4n) is 5.79. The minimum Gasteiger partial charge on any atom is -0.208 e. The first-order valence-electron chi connectivity index (χ1n) is 8.70. The molecular formula is C18H24BrNO2S. The molecular weight excluding hydrogens is 374 g/mol. The van der Waals surface area contributed by atoms with Gasteiger partial charge in [-0.05, 0) is 92.9 Å². The lowest BCUT2D eigenvalue weighted by molar-refractivity contribution is -0.0463. The lowest BCUT2D eigenvalue weighted by Gasteiger charge is -2.56. The predicted octanol–water partition coefficient (Wildman–Crippen LogP) is 4.19. The van der Waals surface area contributed by atoms with Crippen LogP contribution >= 0.6 is 15.9 Å². The molecule has 4 bridgehead atoms. The van der Waals surface area contributed by atoms with Gasteiger partial charge in [0.15, 0.2) is 0 Å². The quantitative estimate of drug-likeness (QED) is 0.827. The van der Waals surface area contributed by atoms with Crippen LogP contribution in [-0.2, 0) is 10.0 Å². The van der Waals surface area contributed by atoms with Crippen LogP contribution in [0.1, 0.15) is 39.0 Å². The summed E-state index contributed by atoms with van der Waals surface area (Å²) in [5, 5.41) is 0. The van der Waals surface area contributed by atoms with Gasteiger partial charge in [0, 0.05) is 10.5 Å². The van der Waals surface area contributed by atoms with Gasteiger partial charge in [0.1, 0.15) is 0 Å². The first-order chi connectivity index (χ1) is 10.9. The summed E-state index contributed by atoms with van der Waals surface area (Å²) in [6.07, 6.45) is 6.72. The molecule has 1 aromatic rings.